The van der Waals surface area contributed by atoms with E-state index in [-0.39, 0.29) is 11.4 Å². The zero-order chi connectivity index (χ0) is 15.5. The van der Waals surface area contributed by atoms with E-state index >= 15 is 0 Å². The maximum absolute atomic E-state index is 12.0. The van der Waals surface area contributed by atoms with Gasteiger partial charge in [0.1, 0.15) is 11.4 Å². The zero-order valence-electron chi connectivity index (χ0n) is 10.4. The van der Waals surface area contributed by atoms with Crippen molar-refractivity contribution in [2.75, 3.05) is 5.32 Å². The molecule has 0 saturated carbocycles. The minimum Gasteiger partial charge on any atom is -0.406 e. The van der Waals surface area contributed by atoms with Gasteiger partial charge in [0, 0.05) is 11.8 Å². The quantitative estimate of drug-likeness (QED) is 0.914. The van der Waals surface area contributed by atoms with Crippen LogP contribution in [0.4, 0.5) is 18.9 Å². The number of alkyl halides is 3. The summed E-state index contributed by atoms with van der Waals surface area (Å²) in [4.78, 5) is 25.2. The highest BCUT2D eigenvalue weighted by atomic mass is 19.4. The maximum atomic E-state index is 12.0. The van der Waals surface area contributed by atoms with E-state index in [0.717, 1.165) is 12.1 Å². The summed E-state index contributed by atoms with van der Waals surface area (Å²) in [5.41, 5.74) is -0.131. The van der Waals surface area contributed by atoms with Gasteiger partial charge in [-0.05, 0) is 30.3 Å². The van der Waals surface area contributed by atoms with Crippen LogP contribution in [0.1, 0.15) is 10.5 Å². The van der Waals surface area contributed by atoms with Gasteiger partial charge in [0.2, 0.25) is 5.56 Å². The third-order valence-electron chi connectivity index (χ3n) is 2.36. The van der Waals surface area contributed by atoms with Crippen LogP contribution in [-0.2, 0) is 0 Å². The van der Waals surface area contributed by atoms with Crippen molar-refractivity contribution in [1.29, 1.82) is 0 Å². The number of hydrogen-bond donors (Lipinski definition) is 2. The lowest BCUT2D eigenvalue weighted by Crippen LogP contribution is -2.18. The number of aromatic amines is 1. The molecule has 2 rings (SSSR count). The summed E-state index contributed by atoms with van der Waals surface area (Å²) < 4.78 is 39.7. The smallest absolute Gasteiger partial charge is 0.406 e. The van der Waals surface area contributed by atoms with Crippen LogP contribution in [0.15, 0.2) is 47.3 Å². The Balaban J connectivity index is 2.07. The third-order valence-corrected chi connectivity index (χ3v) is 2.36. The van der Waals surface area contributed by atoms with Crippen LogP contribution in [0, 0.1) is 0 Å². The number of pyridine rings is 1. The van der Waals surface area contributed by atoms with E-state index in [9.17, 15) is 22.8 Å². The van der Waals surface area contributed by atoms with Crippen molar-refractivity contribution in [3.05, 3.63) is 58.5 Å². The summed E-state index contributed by atoms with van der Waals surface area (Å²) in [5.74, 6) is -0.981. The molecule has 0 bridgehead atoms. The van der Waals surface area contributed by atoms with Crippen molar-refractivity contribution < 1.29 is 22.7 Å². The number of hydrogen-bond acceptors (Lipinski definition) is 3. The minimum atomic E-state index is -4.77. The van der Waals surface area contributed by atoms with Crippen molar-refractivity contribution in [3.8, 4) is 5.75 Å². The van der Waals surface area contributed by atoms with E-state index in [4.69, 9.17) is 0 Å². The normalized spacial score (nSPS) is 11.0. The molecule has 110 valence electrons. The molecule has 0 saturated heterocycles. The van der Waals surface area contributed by atoms with E-state index < -0.39 is 23.6 Å². The van der Waals surface area contributed by atoms with Crippen LogP contribution in [0.25, 0.3) is 0 Å². The van der Waals surface area contributed by atoms with Gasteiger partial charge in [0.05, 0.1) is 0 Å². The van der Waals surface area contributed by atoms with Gasteiger partial charge >= 0.3 is 6.36 Å². The van der Waals surface area contributed by atoms with E-state index in [0.29, 0.717) is 0 Å². The molecule has 2 N–H and O–H groups in total. The number of rotatable bonds is 3. The fourth-order valence-electron chi connectivity index (χ4n) is 1.52. The van der Waals surface area contributed by atoms with Gasteiger partial charge in [-0.1, -0.05) is 6.07 Å². The Kier molecular flexibility index (Phi) is 3.97. The second kappa shape index (κ2) is 5.70. The number of anilines is 1. The molecule has 0 spiro atoms. The number of carbonyl (C=O) groups is 1. The summed E-state index contributed by atoms with van der Waals surface area (Å²) in [5, 5.41) is 2.43. The number of aromatic nitrogens is 1. The number of benzene rings is 1. The molecule has 21 heavy (non-hydrogen) atoms. The summed E-state index contributed by atoms with van der Waals surface area (Å²) in [6.07, 6.45) is -4.77. The van der Waals surface area contributed by atoms with Crippen molar-refractivity contribution >= 4 is 11.6 Å². The molecule has 0 radical (unpaired) electrons. The molecule has 0 aliphatic rings. The lowest BCUT2D eigenvalue weighted by molar-refractivity contribution is -0.274. The van der Waals surface area contributed by atoms with Gasteiger partial charge in [-0.25, -0.2) is 0 Å². The number of halogens is 3. The first-order valence-electron chi connectivity index (χ1n) is 5.70. The SMILES string of the molecule is O=C(Nc1ccc(OC(F)(F)F)cc1)c1cccc(=O)[nH]1. The fourth-order valence-corrected chi connectivity index (χ4v) is 1.52. The highest BCUT2D eigenvalue weighted by Gasteiger charge is 2.30. The molecule has 0 unspecified atom stereocenters. The van der Waals surface area contributed by atoms with Crippen LogP contribution in [0.3, 0.4) is 0 Å². The predicted molar refractivity (Wildman–Crippen MR) is 68.1 cm³/mol. The van der Waals surface area contributed by atoms with Crippen molar-refractivity contribution in [1.82, 2.24) is 4.98 Å². The summed E-state index contributed by atoms with van der Waals surface area (Å²) in [6.45, 7) is 0. The predicted octanol–water partition coefficient (Wildman–Crippen LogP) is 2.53. The van der Waals surface area contributed by atoms with Gasteiger partial charge in [0.25, 0.3) is 5.91 Å². The molecular formula is C13H9F3N2O3. The Bertz CT molecular complexity index is 693. The average Bonchev–Trinajstić information content (AvgIpc) is 2.39. The molecule has 5 nitrogen and oxygen atoms in total. The van der Waals surface area contributed by atoms with Gasteiger partial charge in [0.15, 0.2) is 0 Å². The van der Waals surface area contributed by atoms with E-state index in [1.54, 1.807) is 0 Å². The van der Waals surface area contributed by atoms with Crippen molar-refractivity contribution in [2.24, 2.45) is 0 Å². The van der Waals surface area contributed by atoms with Crippen LogP contribution < -0.4 is 15.6 Å². The number of ether oxygens (including phenoxy) is 1. The number of amides is 1. The molecule has 0 fully saturated rings. The second-order valence-corrected chi connectivity index (χ2v) is 3.96. The Morgan fingerprint density at radius 1 is 1.10 bits per heavy atom. The summed E-state index contributed by atoms with van der Waals surface area (Å²) in [7, 11) is 0. The second-order valence-electron chi connectivity index (χ2n) is 3.96. The molecule has 0 aliphatic heterocycles. The Labute approximate surface area is 116 Å². The minimum absolute atomic E-state index is 0.0399. The largest absolute Gasteiger partial charge is 0.573 e. The standard InChI is InChI=1S/C13H9F3N2O3/c14-13(15,16)21-9-6-4-8(5-7-9)17-12(20)10-2-1-3-11(19)18-10/h1-7H,(H,17,20)(H,18,19). The van der Waals surface area contributed by atoms with Crippen molar-refractivity contribution in [2.45, 2.75) is 6.36 Å². The lowest BCUT2D eigenvalue weighted by atomic mass is 10.3. The topological polar surface area (TPSA) is 71.2 Å². The Hall–Kier alpha value is -2.77. The van der Waals surface area contributed by atoms with Gasteiger partial charge in [-0.15, -0.1) is 13.2 Å². The van der Waals surface area contributed by atoms with Crippen molar-refractivity contribution in [3.63, 3.8) is 0 Å². The highest BCUT2D eigenvalue weighted by Crippen LogP contribution is 2.24. The monoisotopic (exact) mass is 298 g/mol. The van der Waals surface area contributed by atoms with Gasteiger partial charge in [-0.3, -0.25) is 9.59 Å². The van der Waals surface area contributed by atoms with Crippen LogP contribution in [-0.4, -0.2) is 17.3 Å². The molecule has 1 amide bonds. The first kappa shape index (κ1) is 14.6. The number of H-pyrrole nitrogens is 1. The number of carbonyl (C=O) groups excluding carboxylic acids is 1. The van der Waals surface area contributed by atoms with E-state index in [2.05, 4.69) is 15.0 Å². The average molecular weight is 298 g/mol. The van der Waals surface area contributed by atoms with Crippen LogP contribution in [0.5, 0.6) is 5.75 Å². The summed E-state index contributed by atoms with van der Waals surface area (Å²) in [6, 6.07) is 8.69. The molecule has 1 heterocycles. The van der Waals surface area contributed by atoms with Gasteiger partial charge < -0.3 is 15.0 Å². The molecule has 1 aromatic carbocycles. The summed E-state index contributed by atoms with van der Waals surface area (Å²) >= 11 is 0. The fraction of sp³-hybridized carbons (Fsp3) is 0.0769. The molecule has 0 aliphatic carbocycles. The molecule has 0 atom stereocenters. The molecular weight excluding hydrogens is 289 g/mol. The Morgan fingerprint density at radius 3 is 2.33 bits per heavy atom. The third kappa shape index (κ3) is 4.37. The molecule has 2 aromatic rings. The lowest BCUT2D eigenvalue weighted by Gasteiger charge is -2.09. The molecule has 1 aromatic heterocycles. The first-order valence-corrected chi connectivity index (χ1v) is 5.70. The van der Waals surface area contributed by atoms with E-state index in [1.165, 1.54) is 30.3 Å². The first-order chi connectivity index (χ1) is 9.83. The van der Waals surface area contributed by atoms with Crippen LogP contribution in [0.2, 0.25) is 0 Å². The van der Waals surface area contributed by atoms with Gasteiger partial charge in [-0.2, -0.15) is 0 Å². The zero-order valence-corrected chi connectivity index (χ0v) is 10.4. The van der Waals surface area contributed by atoms with E-state index in [1.807, 2.05) is 0 Å². The highest BCUT2D eigenvalue weighted by molar-refractivity contribution is 6.02. The number of nitrogens with one attached hydrogen (secondary N) is 2. The van der Waals surface area contributed by atoms with Crippen LogP contribution >= 0.6 is 0 Å². The molecule has 8 heteroatoms. The maximum Gasteiger partial charge on any atom is 0.573 e. The Morgan fingerprint density at radius 2 is 1.76 bits per heavy atom.